The summed E-state index contributed by atoms with van der Waals surface area (Å²) in [4.78, 5) is 18.6. The fourth-order valence-corrected chi connectivity index (χ4v) is 2.47. The second-order valence-electron chi connectivity index (χ2n) is 5.05. The molecule has 0 fully saturated rings. The van der Waals surface area contributed by atoms with Crippen LogP contribution >= 0.6 is 0 Å². The van der Waals surface area contributed by atoms with E-state index in [9.17, 15) is 4.79 Å². The lowest BCUT2D eigenvalue weighted by Gasteiger charge is -2.27. The van der Waals surface area contributed by atoms with Crippen molar-refractivity contribution in [3.05, 3.63) is 53.6 Å². The summed E-state index contributed by atoms with van der Waals surface area (Å²) >= 11 is 0. The maximum Gasteiger partial charge on any atom is 0.255 e. The monoisotopic (exact) mass is 271 g/mol. The fraction of sp³-hybridized carbons (Fsp3) is 0.375. The van der Waals surface area contributed by atoms with Gasteiger partial charge in [0.2, 0.25) is 0 Å². The lowest BCUT2D eigenvalue weighted by Crippen LogP contribution is -2.31. The Bertz CT molecular complexity index is 589. The van der Waals surface area contributed by atoms with Gasteiger partial charge >= 0.3 is 0 Å². The first-order valence-electron chi connectivity index (χ1n) is 6.85. The Morgan fingerprint density at radius 2 is 2.20 bits per heavy atom. The zero-order valence-electron chi connectivity index (χ0n) is 12.5. The maximum atomic E-state index is 12.6. The minimum atomic E-state index is 0.0517. The van der Waals surface area contributed by atoms with Crippen molar-refractivity contribution in [2.45, 2.75) is 26.3 Å². The average Bonchev–Trinajstić information content (AvgIpc) is 2.80. The van der Waals surface area contributed by atoms with Gasteiger partial charge < -0.3 is 9.47 Å². The molecule has 2 aromatic heterocycles. The standard InChI is InChI=1S/C16H21N3O/c1-5-15(13-7-6-9-17-11-13)19(4)16(20)14-8-10-18(3)12(14)2/h6-11,15H,5H2,1-4H3/t15-/m1/s1. The molecule has 4 nitrogen and oxygen atoms in total. The molecule has 1 amide bonds. The van der Waals surface area contributed by atoms with Crippen molar-refractivity contribution >= 4 is 5.91 Å². The highest BCUT2D eigenvalue weighted by Crippen LogP contribution is 2.24. The van der Waals surface area contributed by atoms with E-state index in [1.807, 2.05) is 56.2 Å². The quantitative estimate of drug-likeness (QED) is 0.857. The van der Waals surface area contributed by atoms with Crippen LogP contribution in [0.2, 0.25) is 0 Å². The topological polar surface area (TPSA) is 38.1 Å². The van der Waals surface area contributed by atoms with Gasteiger partial charge in [0.15, 0.2) is 0 Å². The number of rotatable bonds is 4. The lowest BCUT2D eigenvalue weighted by atomic mass is 10.0. The minimum Gasteiger partial charge on any atom is -0.354 e. The van der Waals surface area contributed by atoms with Crippen LogP contribution in [0.4, 0.5) is 0 Å². The molecule has 0 N–H and O–H groups in total. The molecule has 0 aliphatic rings. The van der Waals surface area contributed by atoms with Gasteiger partial charge in [0.25, 0.3) is 5.91 Å². The van der Waals surface area contributed by atoms with E-state index in [1.54, 1.807) is 11.1 Å². The van der Waals surface area contributed by atoms with Gasteiger partial charge in [-0.1, -0.05) is 13.0 Å². The number of aromatic nitrogens is 2. The molecule has 0 unspecified atom stereocenters. The number of carbonyl (C=O) groups is 1. The average molecular weight is 271 g/mol. The Kier molecular flexibility index (Phi) is 4.23. The van der Waals surface area contributed by atoms with Crippen molar-refractivity contribution in [2.75, 3.05) is 7.05 Å². The predicted octanol–water partition coefficient (Wildman–Crippen LogP) is 2.95. The second kappa shape index (κ2) is 5.90. The molecule has 106 valence electrons. The van der Waals surface area contributed by atoms with E-state index in [2.05, 4.69) is 11.9 Å². The number of carbonyl (C=O) groups excluding carboxylic acids is 1. The highest BCUT2D eigenvalue weighted by atomic mass is 16.2. The molecule has 20 heavy (non-hydrogen) atoms. The zero-order valence-corrected chi connectivity index (χ0v) is 12.5. The van der Waals surface area contributed by atoms with Gasteiger partial charge in [0.1, 0.15) is 0 Å². The Hall–Kier alpha value is -2.10. The molecule has 2 rings (SSSR count). The van der Waals surface area contributed by atoms with E-state index in [0.29, 0.717) is 0 Å². The van der Waals surface area contributed by atoms with Crippen LogP contribution in [0.15, 0.2) is 36.8 Å². The molecule has 0 spiro atoms. The van der Waals surface area contributed by atoms with Crippen LogP contribution in [0.1, 0.15) is 41.0 Å². The van der Waals surface area contributed by atoms with Crippen LogP contribution in [0.3, 0.4) is 0 Å². The van der Waals surface area contributed by atoms with E-state index in [1.165, 1.54) is 0 Å². The number of nitrogens with zero attached hydrogens (tertiary/aromatic N) is 3. The molecule has 4 heteroatoms. The van der Waals surface area contributed by atoms with Gasteiger partial charge in [-0.15, -0.1) is 0 Å². The summed E-state index contributed by atoms with van der Waals surface area (Å²) in [5.74, 6) is 0.0544. The highest BCUT2D eigenvalue weighted by Gasteiger charge is 2.23. The summed E-state index contributed by atoms with van der Waals surface area (Å²) in [7, 11) is 3.81. The summed E-state index contributed by atoms with van der Waals surface area (Å²) < 4.78 is 1.96. The molecule has 0 saturated heterocycles. The van der Waals surface area contributed by atoms with Crippen LogP contribution in [0.5, 0.6) is 0 Å². The summed E-state index contributed by atoms with van der Waals surface area (Å²) in [5, 5.41) is 0. The summed E-state index contributed by atoms with van der Waals surface area (Å²) in [6, 6.07) is 5.85. The number of amides is 1. The first-order valence-corrected chi connectivity index (χ1v) is 6.85. The van der Waals surface area contributed by atoms with Crippen molar-refractivity contribution in [1.29, 1.82) is 0 Å². The molecular formula is C16H21N3O. The van der Waals surface area contributed by atoms with Gasteiger partial charge in [0.05, 0.1) is 11.6 Å². The molecular weight excluding hydrogens is 250 g/mol. The summed E-state index contributed by atoms with van der Waals surface area (Å²) in [6.45, 7) is 4.05. The van der Waals surface area contributed by atoms with Gasteiger partial charge in [-0.25, -0.2) is 0 Å². The smallest absolute Gasteiger partial charge is 0.255 e. The first-order chi connectivity index (χ1) is 9.56. The number of hydrogen-bond donors (Lipinski definition) is 0. The van der Waals surface area contributed by atoms with Crippen LogP contribution in [-0.2, 0) is 7.05 Å². The largest absolute Gasteiger partial charge is 0.354 e. The van der Waals surface area contributed by atoms with Gasteiger partial charge in [0, 0.05) is 38.4 Å². The Morgan fingerprint density at radius 3 is 2.70 bits per heavy atom. The Morgan fingerprint density at radius 1 is 1.45 bits per heavy atom. The van der Waals surface area contributed by atoms with Crippen molar-refractivity contribution in [2.24, 2.45) is 7.05 Å². The third kappa shape index (κ3) is 2.59. The highest BCUT2D eigenvalue weighted by molar-refractivity contribution is 5.95. The molecule has 0 aliphatic heterocycles. The van der Waals surface area contributed by atoms with Crippen molar-refractivity contribution in [1.82, 2.24) is 14.5 Å². The van der Waals surface area contributed by atoms with Gasteiger partial charge in [-0.2, -0.15) is 0 Å². The molecule has 2 heterocycles. The van der Waals surface area contributed by atoms with Crippen LogP contribution in [0.25, 0.3) is 0 Å². The number of hydrogen-bond acceptors (Lipinski definition) is 2. The number of pyridine rings is 1. The molecule has 0 aliphatic carbocycles. The third-order valence-electron chi connectivity index (χ3n) is 3.86. The molecule has 0 bridgehead atoms. The normalized spacial score (nSPS) is 12.2. The van der Waals surface area contributed by atoms with Gasteiger partial charge in [-0.3, -0.25) is 9.78 Å². The molecule has 0 aromatic carbocycles. The molecule has 0 saturated carbocycles. The summed E-state index contributed by atoms with van der Waals surface area (Å²) in [5.41, 5.74) is 2.82. The van der Waals surface area contributed by atoms with E-state index in [4.69, 9.17) is 0 Å². The minimum absolute atomic E-state index is 0.0517. The second-order valence-corrected chi connectivity index (χ2v) is 5.05. The zero-order chi connectivity index (χ0) is 14.7. The summed E-state index contributed by atoms with van der Waals surface area (Å²) in [6.07, 6.45) is 6.36. The molecule has 2 aromatic rings. The van der Waals surface area contributed by atoms with Crippen molar-refractivity contribution in [3.8, 4) is 0 Å². The van der Waals surface area contributed by atoms with Crippen molar-refractivity contribution in [3.63, 3.8) is 0 Å². The van der Waals surface area contributed by atoms with E-state index in [0.717, 1.165) is 23.2 Å². The fourth-order valence-electron chi connectivity index (χ4n) is 2.47. The lowest BCUT2D eigenvalue weighted by molar-refractivity contribution is 0.0725. The first kappa shape index (κ1) is 14.3. The maximum absolute atomic E-state index is 12.6. The molecule has 1 atom stereocenters. The predicted molar refractivity (Wildman–Crippen MR) is 79.5 cm³/mol. The van der Waals surface area contributed by atoms with Crippen LogP contribution in [-0.4, -0.2) is 27.4 Å². The van der Waals surface area contributed by atoms with E-state index in [-0.39, 0.29) is 11.9 Å². The van der Waals surface area contributed by atoms with Crippen molar-refractivity contribution < 1.29 is 4.79 Å². The van der Waals surface area contributed by atoms with Crippen LogP contribution in [0, 0.1) is 6.92 Å². The van der Waals surface area contributed by atoms with Gasteiger partial charge in [-0.05, 0) is 31.0 Å². The third-order valence-corrected chi connectivity index (χ3v) is 3.86. The SMILES string of the molecule is CC[C@H](c1cccnc1)N(C)C(=O)c1ccn(C)c1C. The Labute approximate surface area is 120 Å². The van der Waals surface area contributed by atoms with E-state index < -0.39 is 0 Å². The number of aryl methyl sites for hydroxylation is 1. The molecule has 0 radical (unpaired) electrons. The van der Waals surface area contributed by atoms with E-state index >= 15 is 0 Å². The van der Waals surface area contributed by atoms with Crippen LogP contribution < -0.4 is 0 Å². The Balaban J connectivity index is 2.27.